The number of alkyl halides is 3. The monoisotopic (exact) mass is 310 g/mol. The van der Waals surface area contributed by atoms with Gasteiger partial charge in [-0.15, -0.1) is 0 Å². The minimum atomic E-state index is -4.81. The first-order valence-electron chi connectivity index (χ1n) is 6.32. The first-order valence-corrected chi connectivity index (χ1v) is 6.70. The lowest BCUT2D eigenvalue weighted by molar-refractivity contribution is -0.268. The number of aryl methyl sites for hydroxylation is 1. The Bertz CT molecular complexity index is 500. The van der Waals surface area contributed by atoms with E-state index >= 15 is 0 Å². The molecule has 1 aromatic rings. The molecule has 0 heterocycles. The summed E-state index contributed by atoms with van der Waals surface area (Å²) in [6.07, 6.45) is -5.33. The van der Waals surface area contributed by atoms with Crippen molar-refractivity contribution in [2.45, 2.75) is 45.9 Å². The highest BCUT2D eigenvalue weighted by Gasteiger charge is 2.55. The molecule has 6 heteroatoms. The van der Waals surface area contributed by atoms with Crippen LogP contribution in [-0.2, 0) is 5.60 Å². The second-order valence-electron chi connectivity index (χ2n) is 4.65. The number of rotatable bonds is 4. The fourth-order valence-corrected chi connectivity index (χ4v) is 2.37. The van der Waals surface area contributed by atoms with Gasteiger partial charge in [0.2, 0.25) is 0 Å². The van der Waals surface area contributed by atoms with Gasteiger partial charge in [-0.3, -0.25) is 0 Å². The van der Waals surface area contributed by atoms with Crippen molar-refractivity contribution in [1.82, 2.24) is 0 Å². The number of halogens is 4. The summed E-state index contributed by atoms with van der Waals surface area (Å²) in [6, 6.07) is 1.43. The Morgan fingerprint density at radius 3 is 2.20 bits per heavy atom. The van der Waals surface area contributed by atoms with Crippen LogP contribution < -0.4 is 4.74 Å². The predicted molar refractivity (Wildman–Crippen MR) is 72.3 cm³/mol. The smallest absolute Gasteiger partial charge is 0.421 e. The Balaban J connectivity index is 3.68. The topological polar surface area (TPSA) is 29.5 Å². The maximum absolute atomic E-state index is 13.3. The molecule has 1 atom stereocenters. The minimum absolute atomic E-state index is 0.0218. The lowest BCUT2D eigenvalue weighted by Gasteiger charge is -2.33. The second-order valence-corrected chi connectivity index (χ2v) is 5.03. The van der Waals surface area contributed by atoms with Crippen LogP contribution in [0.1, 0.15) is 37.0 Å². The number of benzene rings is 1. The van der Waals surface area contributed by atoms with Gasteiger partial charge in [0.1, 0.15) is 5.75 Å². The lowest BCUT2D eigenvalue weighted by atomic mass is 9.85. The summed E-state index contributed by atoms with van der Waals surface area (Å²) < 4.78 is 45.1. The van der Waals surface area contributed by atoms with E-state index in [0.717, 1.165) is 0 Å². The summed E-state index contributed by atoms with van der Waals surface area (Å²) in [5.74, 6) is 0.0218. The SMILES string of the molecule is CCOc1cc(C)c(Cl)c(C)c1C(O)(CC)C(F)(F)F. The van der Waals surface area contributed by atoms with Crippen molar-refractivity contribution in [3.8, 4) is 5.75 Å². The molecule has 0 fully saturated rings. The molecule has 0 aliphatic heterocycles. The number of ether oxygens (including phenoxy) is 1. The van der Waals surface area contributed by atoms with Gasteiger partial charge >= 0.3 is 6.18 Å². The summed E-state index contributed by atoms with van der Waals surface area (Å²) in [4.78, 5) is 0. The van der Waals surface area contributed by atoms with E-state index in [9.17, 15) is 18.3 Å². The second kappa shape index (κ2) is 5.82. The summed E-state index contributed by atoms with van der Waals surface area (Å²) >= 11 is 6.03. The zero-order valence-corrected chi connectivity index (χ0v) is 12.6. The van der Waals surface area contributed by atoms with Gasteiger partial charge in [0.25, 0.3) is 0 Å². The number of hydrogen-bond acceptors (Lipinski definition) is 2. The maximum atomic E-state index is 13.3. The number of hydrogen-bond donors (Lipinski definition) is 1. The molecule has 0 aliphatic carbocycles. The van der Waals surface area contributed by atoms with Crippen LogP contribution in [0.25, 0.3) is 0 Å². The van der Waals surface area contributed by atoms with Gasteiger partial charge in [0.05, 0.1) is 6.61 Å². The van der Waals surface area contributed by atoms with Crippen molar-refractivity contribution in [2.24, 2.45) is 0 Å². The summed E-state index contributed by atoms with van der Waals surface area (Å²) in [5, 5.41) is 10.4. The summed E-state index contributed by atoms with van der Waals surface area (Å²) in [7, 11) is 0. The largest absolute Gasteiger partial charge is 0.493 e. The van der Waals surface area contributed by atoms with E-state index in [4.69, 9.17) is 16.3 Å². The van der Waals surface area contributed by atoms with E-state index in [-0.39, 0.29) is 28.5 Å². The van der Waals surface area contributed by atoms with Crippen LogP contribution in [-0.4, -0.2) is 17.9 Å². The molecule has 0 radical (unpaired) electrons. The fourth-order valence-electron chi connectivity index (χ4n) is 2.22. The molecule has 0 saturated carbocycles. The van der Waals surface area contributed by atoms with Gasteiger partial charge in [-0.25, -0.2) is 0 Å². The zero-order valence-electron chi connectivity index (χ0n) is 11.9. The number of aliphatic hydroxyl groups is 1. The van der Waals surface area contributed by atoms with Crippen molar-refractivity contribution in [2.75, 3.05) is 6.61 Å². The van der Waals surface area contributed by atoms with Crippen LogP contribution in [0, 0.1) is 13.8 Å². The molecule has 1 N–H and O–H groups in total. The van der Waals surface area contributed by atoms with Gasteiger partial charge < -0.3 is 9.84 Å². The Morgan fingerprint density at radius 1 is 1.25 bits per heavy atom. The highest BCUT2D eigenvalue weighted by molar-refractivity contribution is 6.32. The Morgan fingerprint density at radius 2 is 1.80 bits per heavy atom. The van der Waals surface area contributed by atoms with E-state index in [1.54, 1.807) is 13.8 Å². The van der Waals surface area contributed by atoms with Crippen molar-refractivity contribution < 1.29 is 23.0 Å². The molecular formula is C14H18ClF3O2. The highest BCUT2D eigenvalue weighted by atomic mass is 35.5. The van der Waals surface area contributed by atoms with E-state index in [2.05, 4.69) is 0 Å². The molecular weight excluding hydrogens is 293 g/mol. The molecule has 0 aliphatic rings. The van der Waals surface area contributed by atoms with Gasteiger partial charge in [0, 0.05) is 10.6 Å². The zero-order chi connectivity index (χ0) is 15.7. The molecule has 0 spiro atoms. The third kappa shape index (κ3) is 2.74. The normalized spacial score (nSPS) is 15.1. The first kappa shape index (κ1) is 17.1. The fraction of sp³-hybridized carbons (Fsp3) is 0.571. The average molecular weight is 311 g/mol. The molecule has 0 saturated heterocycles. The molecule has 114 valence electrons. The quantitative estimate of drug-likeness (QED) is 0.886. The van der Waals surface area contributed by atoms with Crippen LogP contribution in [0.5, 0.6) is 5.75 Å². The molecule has 1 unspecified atom stereocenters. The summed E-state index contributed by atoms with van der Waals surface area (Å²) in [6.45, 7) is 6.28. The predicted octanol–water partition coefficient (Wildman–Crippen LogP) is 4.52. The first-order chi connectivity index (χ1) is 9.10. The molecule has 2 nitrogen and oxygen atoms in total. The van der Waals surface area contributed by atoms with Gasteiger partial charge in [-0.2, -0.15) is 13.2 Å². The summed E-state index contributed by atoms with van der Waals surface area (Å²) in [5.41, 5.74) is -2.47. The molecule has 0 amide bonds. The Kier molecular flexibility index (Phi) is 4.98. The average Bonchev–Trinajstić information content (AvgIpc) is 2.34. The Labute approximate surface area is 121 Å². The molecule has 1 aromatic carbocycles. The van der Waals surface area contributed by atoms with Gasteiger partial charge in [-0.05, 0) is 44.4 Å². The third-order valence-electron chi connectivity index (χ3n) is 3.34. The minimum Gasteiger partial charge on any atom is -0.493 e. The van der Waals surface area contributed by atoms with E-state index in [1.807, 2.05) is 0 Å². The van der Waals surface area contributed by atoms with E-state index < -0.39 is 18.2 Å². The van der Waals surface area contributed by atoms with Gasteiger partial charge in [0.15, 0.2) is 5.60 Å². The van der Waals surface area contributed by atoms with Crippen molar-refractivity contribution >= 4 is 11.6 Å². The van der Waals surface area contributed by atoms with Crippen LogP contribution >= 0.6 is 11.6 Å². The van der Waals surface area contributed by atoms with Crippen LogP contribution in [0.4, 0.5) is 13.2 Å². The lowest BCUT2D eigenvalue weighted by Crippen LogP contribution is -2.42. The van der Waals surface area contributed by atoms with E-state index in [1.165, 1.54) is 19.9 Å². The molecule has 20 heavy (non-hydrogen) atoms. The molecule has 0 aromatic heterocycles. The van der Waals surface area contributed by atoms with Crippen LogP contribution in [0.15, 0.2) is 6.07 Å². The van der Waals surface area contributed by atoms with Crippen molar-refractivity contribution in [1.29, 1.82) is 0 Å². The van der Waals surface area contributed by atoms with Crippen LogP contribution in [0.2, 0.25) is 5.02 Å². The van der Waals surface area contributed by atoms with E-state index in [0.29, 0.717) is 5.56 Å². The van der Waals surface area contributed by atoms with Crippen LogP contribution in [0.3, 0.4) is 0 Å². The molecule has 1 rings (SSSR count). The van der Waals surface area contributed by atoms with Crippen molar-refractivity contribution in [3.05, 3.63) is 27.8 Å². The molecule has 0 bridgehead atoms. The highest BCUT2D eigenvalue weighted by Crippen LogP contribution is 2.48. The third-order valence-corrected chi connectivity index (χ3v) is 3.92. The standard InChI is InChI=1S/C14H18ClF3O2/c1-5-13(19,14(16,17)18)11-9(4)12(15)8(3)7-10(11)20-6-2/h7,19H,5-6H2,1-4H3. The van der Waals surface area contributed by atoms with Gasteiger partial charge in [-0.1, -0.05) is 18.5 Å². The Hall–Kier alpha value is -0.940. The maximum Gasteiger partial charge on any atom is 0.421 e. The van der Waals surface area contributed by atoms with Crippen molar-refractivity contribution in [3.63, 3.8) is 0 Å².